The first kappa shape index (κ1) is 14.8. The molecule has 0 amide bonds. The third-order valence-corrected chi connectivity index (χ3v) is 6.69. The van der Waals surface area contributed by atoms with Gasteiger partial charge in [0.25, 0.3) is 0 Å². The summed E-state index contributed by atoms with van der Waals surface area (Å²) in [4.78, 5) is 0.413. The third kappa shape index (κ3) is 3.05. The second kappa shape index (κ2) is 5.91. The van der Waals surface area contributed by atoms with Crippen LogP contribution in [0.2, 0.25) is 0 Å². The van der Waals surface area contributed by atoms with Gasteiger partial charge in [0.15, 0.2) is 0 Å². The van der Waals surface area contributed by atoms with E-state index in [0.717, 1.165) is 18.4 Å². The molecule has 0 radical (unpaired) electrons. The van der Waals surface area contributed by atoms with Crippen LogP contribution < -0.4 is 0 Å². The normalized spacial score (nSPS) is 18.0. The van der Waals surface area contributed by atoms with E-state index in [0.29, 0.717) is 23.9 Å². The SMILES string of the molecule is Cc1cccc(S(=O)(=O)N2CCC(c3ccsc3)CC2)c1. The number of rotatable bonds is 3. The third-order valence-electron chi connectivity index (χ3n) is 4.10. The Morgan fingerprint density at radius 2 is 1.95 bits per heavy atom. The molecule has 112 valence electrons. The summed E-state index contributed by atoms with van der Waals surface area (Å²) in [6.45, 7) is 3.13. The van der Waals surface area contributed by atoms with Crippen LogP contribution >= 0.6 is 11.3 Å². The smallest absolute Gasteiger partial charge is 0.207 e. The lowest BCUT2D eigenvalue weighted by Crippen LogP contribution is -2.37. The van der Waals surface area contributed by atoms with Crippen LogP contribution in [0.5, 0.6) is 0 Å². The van der Waals surface area contributed by atoms with Gasteiger partial charge in [0.05, 0.1) is 4.90 Å². The minimum atomic E-state index is -3.34. The van der Waals surface area contributed by atoms with Gasteiger partial charge in [-0.2, -0.15) is 15.6 Å². The van der Waals surface area contributed by atoms with Crippen LogP contribution in [0, 0.1) is 6.92 Å². The highest BCUT2D eigenvalue weighted by molar-refractivity contribution is 7.89. The van der Waals surface area contributed by atoms with Crippen LogP contribution in [0.3, 0.4) is 0 Å². The van der Waals surface area contributed by atoms with Crippen molar-refractivity contribution < 1.29 is 8.42 Å². The van der Waals surface area contributed by atoms with Gasteiger partial charge in [0.1, 0.15) is 0 Å². The molecule has 0 bridgehead atoms. The lowest BCUT2D eigenvalue weighted by atomic mass is 9.92. The second-order valence-corrected chi connectivity index (χ2v) is 8.27. The molecule has 1 aromatic heterocycles. The van der Waals surface area contributed by atoms with Gasteiger partial charge in [-0.1, -0.05) is 12.1 Å². The minimum absolute atomic E-state index is 0.413. The summed E-state index contributed by atoms with van der Waals surface area (Å²) in [5.41, 5.74) is 2.33. The van der Waals surface area contributed by atoms with Gasteiger partial charge in [0.2, 0.25) is 10.0 Å². The average molecular weight is 321 g/mol. The Morgan fingerprint density at radius 3 is 2.57 bits per heavy atom. The van der Waals surface area contributed by atoms with E-state index in [2.05, 4.69) is 16.8 Å². The standard InChI is InChI=1S/C16H19NO2S2/c1-13-3-2-4-16(11-13)21(18,19)17-8-5-14(6-9-17)15-7-10-20-12-15/h2-4,7,10-12,14H,5-6,8-9H2,1H3. The number of hydrogen-bond donors (Lipinski definition) is 0. The fourth-order valence-electron chi connectivity index (χ4n) is 2.86. The highest BCUT2D eigenvalue weighted by Crippen LogP contribution is 2.31. The Morgan fingerprint density at radius 1 is 1.19 bits per heavy atom. The van der Waals surface area contributed by atoms with Crippen molar-refractivity contribution >= 4 is 21.4 Å². The number of hydrogen-bond acceptors (Lipinski definition) is 3. The number of benzene rings is 1. The highest BCUT2D eigenvalue weighted by atomic mass is 32.2. The van der Waals surface area contributed by atoms with Crippen LogP contribution in [-0.4, -0.2) is 25.8 Å². The fraction of sp³-hybridized carbons (Fsp3) is 0.375. The molecule has 0 saturated carbocycles. The van der Waals surface area contributed by atoms with Crippen molar-refractivity contribution in [2.75, 3.05) is 13.1 Å². The summed E-state index contributed by atoms with van der Waals surface area (Å²) in [7, 11) is -3.34. The van der Waals surface area contributed by atoms with Crippen LogP contribution in [0.15, 0.2) is 46.0 Å². The van der Waals surface area contributed by atoms with Gasteiger partial charge in [-0.25, -0.2) is 8.42 Å². The zero-order valence-electron chi connectivity index (χ0n) is 12.0. The molecule has 3 rings (SSSR count). The monoisotopic (exact) mass is 321 g/mol. The topological polar surface area (TPSA) is 37.4 Å². The Kier molecular flexibility index (Phi) is 4.15. The molecule has 0 unspecified atom stereocenters. The Balaban J connectivity index is 1.74. The second-order valence-electron chi connectivity index (χ2n) is 5.55. The highest BCUT2D eigenvalue weighted by Gasteiger charge is 2.29. The molecule has 1 aromatic carbocycles. The number of thiophene rings is 1. The largest absolute Gasteiger partial charge is 0.243 e. The average Bonchev–Trinajstić information content (AvgIpc) is 3.02. The van der Waals surface area contributed by atoms with E-state index >= 15 is 0 Å². The Labute approximate surface area is 130 Å². The fourth-order valence-corrected chi connectivity index (χ4v) is 5.18. The molecule has 21 heavy (non-hydrogen) atoms. The molecule has 3 nitrogen and oxygen atoms in total. The molecule has 1 aliphatic rings. The zero-order valence-corrected chi connectivity index (χ0v) is 13.7. The van der Waals surface area contributed by atoms with Gasteiger partial charge >= 0.3 is 0 Å². The van der Waals surface area contributed by atoms with Crippen molar-refractivity contribution in [3.8, 4) is 0 Å². The quantitative estimate of drug-likeness (QED) is 0.866. The molecule has 0 atom stereocenters. The van der Waals surface area contributed by atoms with E-state index in [1.165, 1.54) is 5.56 Å². The van der Waals surface area contributed by atoms with Crippen molar-refractivity contribution in [2.24, 2.45) is 0 Å². The first-order valence-corrected chi connectivity index (χ1v) is 9.54. The van der Waals surface area contributed by atoms with Crippen LogP contribution in [0.1, 0.15) is 29.9 Å². The van der Waals surface area contributed by atoms with E-state index in [9.17, 15) is 8.42 Å². The molecule has 2 heterocycles. The summed E-state index contributed by atoms with van der Waals surface area (Å²) in [6, 6.07) is 9.32. The lowest BCUT2D eigenvalue weighted by Gasteiger charge is -2.31. The van der Waals surface area contributed by atoms with Crippen molar-refractivity contribution in [2.45, 2.75) is 30.6 Å². The summed E-state index contributed by atoms with van der Waals surface area (Å²) in [5.74, 6) is 0.500. The van der Waals surface area contributed by atoms with Gasteiger partial charge in [-0.15, -0.1) is 0 Å². The van der Waals surface area contributed by atoms with E-state index in [4.69, 9.17) is 0 Å². The summed E-state index contributed by atoms with van der Waals surface area (Å²) < 4.78 is 27.0. The van der Waals surface area contributed by atoms with E-state index in [-0.39, 0.29) is 0 Å². The molecule has 0 N–H and O–H groups in total. The molecular weight excluding hydrogens is 302 g/mol. The zero-order chi connectivity index (χ0) is 14.9. The van der Waals surface area contributed by atoms with E-state index in [1.54, 1.807) is 33.8 Å². The Bertz CT molecular complexity index is 700. The van der Waals surface area contributed by atoms with Gasteiger partial charge in [-0.05, 0) is 65.8 Å². The maximum Gasteiger partial charge on any atom is 0.243 e. The summed E-state index contributed by atoms with van der Waals surface area (Å²) in [6.07, 6.45) is 1.81. The van der Waals surface area contributed by atoms with Crippen molar-refractivity contribution in [3.63, 3.8) is 0 Å². The molecule has 0 spiro atoms. The first-order valence-electron chi connectivity index (χ1n) is 7.16. The lowest BCUT2D eigenvalue weighted by molar-refractivity contribution is 0.320. The predicted octanol–water partition coefficient (Wildman–Crippen LogP) is 3.62. The molecule has 2 aromatic rings. The van der Waals surface area contributed by atoms with Gasteiger partial charge < -0.3 is 0 Å². The van der Waals surface area contributed by atoms with Crippen LogP contribution in [0.25, 0.3) is 0 Å². The van der Waals surface area contributed by atoms with E-state index in [1.807, 2.05) is 13.0 Å². The van der Waals surface area contributed by atoms with Crippen molar-refractivity contribution in [3.05, 3.63) is 52.2 Å². The maximum atomic E-state index is 12.7. The number of piperidine rings is 1. The van der Waals surface area contributed by atoms with Crippen molar-refractivity contribution in [1.82, 2.24) is 4.31 Å². The molecular formula is C16H19NO2S2. The van der Waals surface area contributed by atoms with E-state index < -0.39 is 10.0 Å². The molecule has 0 aliphatic carbocycles. The number of aryl methyl sites for hydroxylation is 1. The number of sulfonamides is 1. The summed E-state index contributed by atoms with van der Waals surface area (Å²) >= 11 is 1.71. The first-order chi connectivity index (χ1) is 10.1. The summed E-state index contributed by atoms with van der Waals surface area (Å²) in [5, 5.41) is 4.26. The number of nitrogens with zero attached hydrogens (tertiary/aromatic N) is 1. The predicted molar refractivity (Wildman–Crippen MR) is 86.2 cm³/mol. The van der Waals surface area contributed by atoms with Crippen molar-refractivity contribution in [1.29, 1.82) is 0 Å². The maximum absolute atomic E-state index is 12.7. The molecule has 1 aliphatic heterocycles. The van der Waals surface area contributed by atoms with Gasteiger partial charge in [0, 0.05) is 13.1 Å². The van der Waals surface area contributed by atoms with Crippen LogP contribution in [0.4, 0.5) is 0 Å². The molecule has 1 fully saturated rings. The van der Waals surface area contributed by atoms with Gasteiger partial charge in [-0.3, -0.25) is 0 Å². The minimum Gasteiger partial charge on any atom is -0.207 e. The molecule has 5 heteroatoms. The van der Waals surface area contributed by atoms with Crippen LogP contribution in [-0.2, 0) is 10.0 Å². The Hall–Kier alpha value is -1.17. The molecule has 1 saturated heterocycles.